The Hall–Kier alpha value is -1.94. The van der Waals surface area contributed by atoms with E-state index < -0.39 is 0 Å². The van der Waals surface area contributed by atoms with Gasteiger partial charge in [0.15, 0.2) is 0 Å². The molecule has 1 unspecified atom stereocenters. The molecule has 0 bridgehead atoms. The van der Waals surface area contributed by atoms with Gasteiger partial charge in [0.05, 0.1) is 6.26 Å². The molecule has 0 amide bonds. The maximum atomic E-state index is 5.68. The van der Waals surface area contributed by atoms with Crippen molar-refractivity contribution in [1.82, 2.24) is 4.90 Å². The molecule has 4 heteroatoms. The SMILES string of the molecule is CC(Cc1ccco1)Nc1ccc(OCCN(C)C)cc1. The fraction of sp³-hybridized carbons (Fsp3) is 0.412. The molecule has 1 aromatic carbocycles. The maximum absolute atomic E-state index is 5.68. The van der Waals surface area contributed by atoms with Gasteiger partial charge in [-0.15, -0.1) is 0 Å². The summed E-state index contributed by atoms with van der Waals surface area (Å²) in [6.07, 6.45) is 2.58. The number of nitrogens with one attached hydrogen (secondary N) is 1. The summed E-state index contributed by atoms with van der Waals surface area (Å²) in [6, 6.07) is 12.3. The summed E-state index contributed by atoms with van der Waals surface area (Å²) in [6.45, 7) is 3.76. The van der Waals surface area contributed by atoms with E-state index in [1.54, 1.807) is 6.26 Å². The Morgan fingerprint density at radius 3 is 2.57 bits per heavy atom. The summed E-state index contributed by atoms with van der Waals surface area (Å²) in [5.41, 5.74) is 1.09. The minimum absolute atomic E-state index is 0.316. The zero-order chi connectivity index (χ0) is 15.1. The first-order valence-electron chi connectivity index (χ1n) is 7.30. The molecule has 0 aliphatic carbocycles. The highest BCUT2D eigenvalue weighted by molar-refractivity contribution is 5.47. The molecule has 0 radical (unpaired) electrons. The summed E-state index contributed by atoms with van der Waals surface area (Å²) in [5, 5.41) is 3.46. The van der Waals surface area contributed by atoms with Crippen molar-refractivity contribution in [3.8, 4) is 5.75 Å². The monoisotopic (exact) mass is 288 g/mol. The Kier molecular flexibility index (Phi) is 5.69. The van der Waals surface area contributed by atoms with Crippen LogP contribution in [0.2, 0.25) is 0 Å². The molecule has 2 rings (SSSR count). The molecular formula is C17H24N2O2. The molecule has 0 aliphatic heterocycles. The number of anilines is 1. The van der Waals surface area contributed by atoms with E-state index in [9.17, 15) is 0 Å². The molecule has 114 valence electrons. The Bertz CT molecular complexity index is 506. The minimum atomic E-state index is 0.316. The lowest BCUT2D eigenvalue weighted by molar-refractivity contribution is 0.261. The summed E-state index contributed by atoms with van der Waals surface area (Å²) in [5.74, 6) is 1.90. The second kappa shape index (κ2) is 7.74. The van der Waals surface area contributed by atoms with Gasteiger partial charge in [-0.2, -0.15) is 0 Å². The first-order chi connectivity index (χ1) is 10.1. The van der Waals surface area contributed by atoms with Crippen molar-refractivity contribution in [2.45, 2.75) is 19.4 Å². The second-order valence-corrected chi connectivity index (χ2v) is 5.50. The lowest BCUT2D eigenvalue weighted by Crippen LogP contribution is -2.19. The van der Waals surface area contributed by atoms with Gasteiger partial charge in [0.25, 0.3) is 0 Å². The summed E-state index contributed by atoms with van der Waals surface area (Å²) < 4.78 is 11.0. The van der Waals surface area contributed by atoms with Crippen LogP contribution in [0, 0.1) is 0 Å². The number of rotatable bonds is 8. The smallest absolute Gasteiger partial charge is 0.119 e. The average Bonchev–Trinajstić information content (AvgIpc) is 2.93. The fourth-order valence-electron chi connectivity index (χ4n) is 2.06. The summed E-state index contributed by atoms with van der Waals surface area (Å²) >= 11 is 0. The Morgan fingerprint density at radius 1 is 1.19 bits per heavy atom. The molecule has 21 heavy (non-hydrogen) atoms. The highest BCUT2D eigenvalue weighted by Crippen LogP contribution is 2.17. The zero-order valence-corrected chi connectivity index (χ0v) is 13.0. The third kappa shape index (κ3) is 5.52. The highest BCUT2D eigenvalue weighted by Gasteiger charge is 2.05. The zero-order valence-electron chi connectivity index (χ0n) is 13.0. The molecule has 1 heterocycles. The number of hydrogen-bond donors (Lipinski definition) is 1. The van der Waals surface area contributed by atoms with Gasteiger partial charge >= 0.3 is 0 Å². The molecule has 0 saturated carbocycles. The third-order valence-corrected chi connectivity index (χ3v) is 3.16. The van der Waals surface area contributed by atoms with E-state index in [1.165, 1.54) is 0 Å². The van der Waals surface area contributed by atoms with E-state index in [2.05, 4.69) is 17.1 Å². The topological polar surface area (TPSA) is 37.6 Å². The molecule has 0 saturated heterocycles. The Balaban J connectivity index is 1.78. The Morgan fingerprint density at radius 2 is 1.95 bits per heavy atom. The summed E-state index contributed by atoms with van der Waals surface area (Å²) in [4.78, 5) is 2.10. The van der Waals surface area contributed by atoms with Crippen LogP contribution in [-0.4, -0.2) is 38.2 Å². The number of hydrogen-bond acceptors (Lipinski definition) is 4. The maximum Gasteiger partial charge on any atom is 0.119 e. The molecule has 0 fully saturated rings. The van der Waals surface area contributed by atoms with Crippen LogP contribution in [0.1, 0.15) is 12.7 Å². The van der Waals surface area contributed by atoms with Gasteiger partial charge in [-0.1, -0.05) is 0 Å². The number of nitrogens with zero attached hydrogens (tertiary/aromatic N) is 1. The van der Waals surface area contributed by atoms with E-state index in [-0.39, 0.29) is 0 Å². The van der Waals surface area contributed by atoms with Crippen molar-refractivity contribution >= 4 is 5.69 Å². The first-order valence-corrected chi connectivity index (χ1v) is 7.30. The highest BCUT2D eigenvalue weighted by atomic mass is 16.5. The van der Waals surface area contributed by atoms with E-state index in [1.807, 2.05) is 50.5 Å². The molecule has 1 atom stereocenters. The number of ether oxygens (including phenoxy) is 1. The lowest BCUT2D eigenvalue weighted by Gasteiger charge is -2.15. The van der Waals surface area contributed by atoms with Gasteiger partial charge in [0.1, 0.15) is 18.1 Å². The quantitative estimate of drug-likeness (QED) is 0.809. The Labute approximate surface area is 126 Å². The normalized spacial score (nSPS) is 12.4. The van der Waals surface area contributed by atoms with Gasteiger partial charge < -0.3 is 19.4 Å². The van der Waals surface area contributed by atoms with Crippen molar-refractivity contribution in [1.29, 1.82) is 0 Å². The van der Waals surface area contributed by atoms with Crippen LogP contribution in [0.15, 0.2) is 47.1 Å². The predicted molar refractivity (Wildman–Crippen MR) is 86.0 cm³/mol. The van der Waals surface area contributed by atoms with Gasteiger partial charge in [0, 0.05) is 24.7 Å². The van der Waals surface area contributed by atoms with Gasteiger partial charge in [-0.25, -0.2) is 0 Å². The van der Waals surface area contributed by atoms with Gasteiger partial charge in [-0.3, -0.25) is 0 Å². The first kappa shape index (κ1) is 15.4. The summed E-state index contributed by atoms with van der Waals surface area (Å²) in [7, 11) is 4.08. The van der Waals surface area contributed by atoms with Crippen LogP contribution in [0.3, 0.4) is 0 Å². The molecule has 1 N–H and O–H groups in total. The predicted octanol–water partition coefficient (Wildman–Crippen LogP) is 3.26. The van der Waals surface area contributed by atoms with Crippen molar-refractivity contribution in [3.63, 3.8) is 0 Å². The molecule has 1 aromatic heterocycles. The van der Waals surface area contributed by atoms with Crippen LogP contribution in [0.4, 0.5) is 5.69 Å². The van der Waals surface area contributed by atoms with E-state index in [4.69, 9.17) is 9.15 Å². The largest absolute Gasteiger partial charge is 0.492 e. The lowest BCUT2D eigenvalue weighted by atomic mass is 10.2. The van der Waals surface area contributed by atoms with Crippen LogP contribution >= 0.6 is 0 Å². The molecule has 2 aromatic rings. The minimum Gasteiger partial charge on any atom is -0.492 e. The van der Waals surface area contributed by atoms with Crippen LogP contribution in [0.25, 0.3) is 0 Å². The van der Waals surface area contributed by atoms with Crippen molar-refractivity contribution in [2.75, 3.05) is 32.6 Å². The van der Waals surface area contributed by atoms with Crippen LogP contribution in [-0.2, 0) is 6.42 Å². The van der Waals surface area contributed by atoms with Crippen molar-refractivity contribution in [3.05, 3.63) is 48.4 Å². The van der Waals surface area contributed by atoms with E-state index >= 15 is 0 Å². The average molecular weight is 288 g/mol. The van der Waals surface area contributed by atoms with Crippen LogP contribution < -0.4 is 10.1 Å². The van der Waals surface area contributed by atoms with Crippen molar-refractivity contribution < 1.29 is 9.15 Å². The van der Waals surface area contributed by atoms with Crippen LogP contribution in [0.5, 0.6) is 5.75 Å². The van der Waals surface area contributed by atoms with Gasteiger partial charge in [-0.05, 0) is 57.4 Å². The third-order valence-electron chi connectivity index (χ3n) is 3.16. The second-order valence-electron chi connectivity index (χ2n) is 5.50. The number of benzene rings is 1. The van der Waals surface area contributed by atoms with E-state index in [0.29, 0.717) is 12.6 Å². The molecule has 4 nitrogen and oxygen atoms in total. The number of furan rings is 1. The van der Waals surface area contributed by atoms with E-state index in [0.717, 1.165) is 30.2 Å². The molecule has 0 spiro atoms. The fourth-order valence-corrected chi connectivity index (χ4v) is 2.06. The van der Waals surface area contributed by atoms with Gasteiger partial charge in [0.2, 0.25) is 0 Å². The standard InChI is InChI=1S/C17H24N2O2/c1-14(13-17-5-4-11-20-17)18-15-6-8-16(9-7-15)21-12-10-19(2)3/h4-9,11,14,18H,10,12-13H2,1-3H3. The number of likely N-dealkylation sites (N-methyl/N-ethyl adjacent to an activating group) is 1. The molecular weight excluding hydrogens is 264 g/mol. The molecule has 0 aliphatic rings. The van der Waals surface area contributed by atoms with Crippen molar-refractivity contribution in [2.24, 2.45) is 0 Å².